The molecule has 2 N–H and O–H groups in total. The molecule has 22 heavy (non-hydrogen) atoms. The van der Waals surface area contributed by atoms with Crippen LogP contribution < -0.4 is 10.1 Å². The number of carbonyl (C=O) groups is 1. The van der Waals surface area contributed by atoms with Gasteiger partial charge in [0.05, 0.1) is 13.0 Å². The van der Waals surface area contributed by atoms with Crippen molar-refractivity contribution in [2.24, 2.45) is 5.92 Å². The lowest BCUT2D eigenvalue weighted by atomic mass is 9.93. The number of hydrogen-bond donors (Lipinski definition) is 2. The van der Waals surface area contributed by atoms with Crippen LogP contribution >= 0.6 is 0 Å². The van der Waals surface area contributed by atoms with Gasteiger partial charge in [0.1, 0.15) is 11.6 Å². The molecular formula is C17H24FNO3. The Morgan fingerprint density at radius 1 is 1.32 bits per heavy atom. The van der Waals surface area contributed by atoms with E-state index in [0.717, 1.165) is 31.8 Å². The average molecular weight is 309 g/mol. The molecule has 0 radical (unpaired) electrons. The van der Waals surface area contributed by atoms with Crippen molar-refractivity contribution in [1.29, 1.82) is 0 Å². The Morgan fingerprint density at radius 3 is 2.77 bits per heavy atom. The van der Waals surface area contributed by atoms with E-state index in [1.807, 2.05) is 0 Å². The summed E-state index contributed by atoms with van der Waals surface area (Å²) in [4.78, 5) is 10.6. The van der Waals surface area contributed by atoms with Crippen LogP contribution in [0, 0.1) is 11.7 Å². The molecule has 0 spiro atoms. The highest BCUT2D eigenvalue weighted by Crippen LogP contribution is 2.20. The number of ether oxygens (including phenoxy) is 1. The molecule has 1 heterocycles. The summed E-state index contributed by atoms with van der Waals surface area (Å²) in [6, 6.07) is 4.38. The number of piperidine rings is 1. The lowest BCUT2D eigenvalue weighted by molar-refractivity contribution is -0.136. The van der Waals surface area contributed by atoms with Crippen LogP contribution in [0.2, 0.25) is 0 Å². The molecule has 1 aromatic carbocycles. The topological polar surface area (TPSA) is 58.6 Å². The van der Waals surface area contributed by atoms with E-state index in [1.165, 1.54) is 31.4 Å². The molecule has 0 unspecified atom stereocenters. The van der Waals surface area contributed by atoms with E-state index in [-0.39, 0.29) is 12.0 Å². The molecule has 1 saturated heterocycles. The fourth-order valence-corrected chi connectivity index (χ4v) is 2.82. The van der Waals surface area contributed by atoms with E-state index in [2.05, 4.69) is 5.32 Å². The van der Waals surface area contributed by atoms with Crippen LogP contribution in [0.1, 0.15) is 37.7 Å². The first-order chi connectivity index (χ1) is 10.6. The maximum atomic E-state index is 13.7. The Hall–Kier alpha value is -1.62. The predicted octanol–water partition coefficient (Wildman–Crippen LogP) is 3.00. The third-order valence-corrected chi connectivity index (χ3v) is 4.10. The standard InChI is InChI=1S/C17H24FNO3/c18-16-12-15(5-4-14(16)11-17(20)21)22-10-2-1-3-13-6-8-19-9-7-13/h4-5,12-13,19H,1-3,6-11H2,(H,20,21). The summed E-state index contributed by atoms with van der Waals surface area (Å²) in [6.07, 6.45) is 5.54. The fraction of sp³-hybridized carbons (Fsp3) is 0.588. The van der Waals surface area contributed by atoms with E-state index in [9.17, 15) is 9.18 Å². The lowest BCUT2D eigenvalue weighted by Gasteiger charge is -2.22. The molecule has 0 saturated carbocycles. The quantitative estimate of drug-likeness (QED) is 0.725. The monoisotopic (exact) mass is 309 g/mol. The maximum absolute atomic E-state index is 13.7. The van der Waals surface area contributed by atoms with Crippen molar-refractivity contribution in [3.05, 3.63) is 29.6 Å². The van der Waals surface area contributed by atoms with Crippen molar-refractivity contribution < 1.29 is 19.0 Å². The molecule has 0 bridgehead atoms. The van der Waals surface area contributed by atoms with E-state index >= 15 is 0 Å². The van der Waals surface area contributed by atoms with E-state index in [1.54, 1.807) is 6.07 Å². The van der Waals surface area contributed by atoms with Gasteiger partial charge in [-0.05, 0) is 56.3 Å². The molecule has 0 aliphatic carbocycles. The van der Waals surface area contributed by atoms with Gasteiger partial charge in [-0.2, -0.15) is 0 Å². The number of carboxylic acid groups (broad SMARTS) is 1. The number of nitrogens with one attached hydrogen (secondary N) is 1. The van der Waals surface area contributed by atoms with E-state index < -0.39 is 11.8 Å². The summed E-state index contributed by atoms with van der Waals surface area (Å²) in [5.74, 6) is -0.261. The van der Waals surface area contributed by atoms with Crippen molar-refractivity contribution in [2.45, 2.75) is 38.5 Å². The molecule has 1 aromatic rings. The second-order valence-corrected chi connectivity index (χ2v) is 5.86. The molecular weight excluding hydrogens is 285 g/mol. The summed E-state index contributed by atoms with van der Waals surface area (Å²) in [5.41, 5.74) is 0.186. The Labute approximate surface area is 130 Å². The maximum Gasteiger partial charge on any atom is 0.307 e. The zero-order valence-corrected chi connectivity index (χ0v) is 12.8. The van der Waals surface area contributed by atoms with Gasteiger partial charge in [0.15, 0.2) is 0 Å². The van der Waals surface area contributed by atoms with Gasteiger partial charge in [-0.15, -0.1) is 0 Å². The smallest absolute Gasteiger partial charge is 0.307 e. The summed E-state index contributed by atoms with van der Waals surface area (Å²) in [5, 5.41) is 12.0. The minimum Gasteiger partial charge on any atom is -0.493 e. The van der Waals surface area contributed by atoms with Crippen molar-refractivity contribution in [3.63, 3.8) is 0 Å². The Kier molecular flexibility index (Phi) is 6.65. The second kappa shape index (κ2) is 8.73. The summed E-state index contributed by atoms with van der Waals surface area (Å²) in [6.45, 7) is 2.83. The van der Waals surface area contributed by atoms with Gasteiger partial charge in [-0.3, -0.25) is 4.79 Å². The largest absolute Gasteiger partial charge is 0.493 e. The van der Waals surface area contributed by atoms with Crippen LogP contribution in [0.4, 0.5) is 4.39 Å². The van der Waals surface area contributed by atoms with Gasteiger partial charge in [0.25, 0.3) is 0 Å². The van der Waals surface area contributed by atoms with Crippen molar-refractivity contribution in [1.82, 2.24) is 5.32 Å². The highest BCUT2D eigenvalue weighted by atomic mass is 19.1. The van der Waals surface area contributed by atoms with Crippen LogP contribution in [0.3, 0.4) is 0 Å². The first kappa shape index (κ1) is 16.7. The molecule has 1 aliphatic rings. The summed E-state index contributed by atoms with van der Waals surface area (Å²) >= 11 is 0. The first-order valence-corrected chi connectivity index (χ1v) is 7.99. The highest BCUT2D eigenvalue weighted by Gasteiger charge is 2.12. The van der Waals surface area contributed by atoms with Gasteiger partial charge in [0, 0.05) is 6.07 Å². The number of aliphatic carboxylic acids is 1. The molecule has 0 atom stereocenters. The van der Waals surface area contributed by atoms with E-state index in [0.29, 0.717) is 12.4 Å². The molecule has 2 rings (SSSR count). The van der Waals surface area contributed by atoms with Gasteiger partial charge in [-0.25, -0.2) is 4.39 Å². The first-order valence-electron chi connectivity index (χ1n) is 7.99. The van der Waals surface area contributed by atoms with Gasteiger partial charge < -0.3 is 15.2 Å². The number of unbranched alkanes of at least 4 members (excludes halogenated alkanes) is 1. The predicted molar refractivity (Wildman–Crippen MR) is 82.7 cm³/mol. The number of benzene rings is 1. The highest BCUT2D eigenvalue weighted by molar-refractivity contribution is 5.70. The number of rotatable bonds is 8. The molecule has 5 heteroatoms. The van der Waals surface area contributed by atoms with Crippen LogP contribution in [0.5, 0.6) is 5.75 Å². The molecule has 1 fully saturated rings. The minimum atomic E-state index is -1.04. The molecule has 4 nitrogen and oxygen atoms in total. The number of hydrogen-bond acceptors (Lipinski definition) is 3. The lowest BCUT2D eigenvalue weighted by Crippen LogP contribution is -2.27. The Bertz CT molecular complexity index is 487. The Morgan fingerprint density at radius 2 is 2.09 bits per heavy atom. The third kappa shape index (κ3) is 5.64. The number of halogens is 1. The zero-order chi connectivity index (χ0) is 15.8. The van der Waals surface area contributed by atoms with Crippen LogP contribution in [-0.2, 0) is 11.2 Å². The normalized spacial score (nSPS) is 15.7. The minimum absolute atomic E-state index is 0.186. The fourth-order valence-electron chi connectivity index (χ4n) is 2.82. The Balaban J connectivity index is 1.66. The van der Waals surface area contributed by atoms with Crippen LogP contribution in [0.25, 0.3) is 0 Å². The van der Waals surface area contributed by atoms with Crippen molar-refractivity contribution in [3.8, 4) is 5.75 Å². The van der Waals surface area contributed by atoms with Gasteiger partial charge >= 0.3 is 5.97 Å². The SMILES string of the molecule is O=C(O)Cc1ccc(OCCCCC2CCNCC2)cc1F. The molecule has 0 aromatic heterocycles. The average Bonchev–Trinajstić information content (AvgIpc) is 2.50. The summed E-state index contributed by atoms with van der Waals surface area (Å²) < 4.78 is 19.2. The third-order valence-electron chi connectivity index (χ3n) is 4.10. The second-order valence-electron chi connectivity index (χ2n) is 5.86. The van der Waals surface area contributed by atoms with Gasteiger partial charge in [0.2, 0.25) is 0 Å². The van der Waals surface area contributed by atoms with Crippen LogP contribution in [0.15, 0.2) is 18.2 Å². The number of carboxylic acids is 1. The summed E-state index contributed by atoms with van der Waals surface area (Å²) in [7, 11) is 0. The molecule has 1 aliphatic heterocycles. The molecule has 122 valence electrons. The van der Waals surface area contributed by atoms with Crippen molar-refractivity contribution >= 4 is 5.97 Å². The molecule has 0 amide bonds. The van der Waals surface area contributed by atoms with Gasteiger partial charge in [-0.1, -0.05) is 12.5 Å². The van der Waals surface area contributed by atoms with Crippen molar-refractivity contribution in [2.75, 3.05) is 19.7 Å². The zero-order valence-electron chi connectivity index (χ0n) is 12.8. The van der Waals surface area contributed by atoms with E-state index in [4.69, 9.17) is 9.84 Å². The van der Waals surface area contributed by atoms with Crippen LogP contribution in [-0.4, -0.2) is 30.8 Å².